The minimum absolute atomic E-state index is 0.00969. The summed E-state index contributed by atoms with van der Waals surface area (Å²) in [6, 6.07) is 0. The Kier molecular flexibility index (Phi) is 27.4. The Morgan fingerprint density at radius 1 is 0.559 bits per heavy atom. The van der Waals surface area contributed by atoms with Crippen LogP contribution in [0, 0.1) is 5.92 Å². The molecule has 4 heterocycles. The Balaban J connectivity index is 1.23. The maximum absolute atomic E-state index is 12.2. The SMILES string of the molecule is CCCCCC(CCCC(O)C(O)CCCCCCCCCCCCCC(O)C1OC1O)O[C@@H]1OC[C@@H](O)[C@H](O)[C@H]1O[C@@H]1OC[C@@H](O)[C@H](O)[C@H]1O[C@@H]1O[C@H](COC(=O)CC(C)C)[C@@H](O)[C@H](O)[C@H]1O. The van der Waals surface area contributed by atoms with E-state index in [0.717, 1.165) is 70.6 Å². The van der Waals surface area contributed by atoms with Crippen LogP contribution in [0.4, 0.5) is 0 Å². The zero-order valence-corrected chi connectivity index (χ0v) is 40.6. The highest BCUT2D eigenvalue weighted by atomic mass is 16.8. The second-order valence-electron chi connectivity index (χ2n) is 19.9. The number of unbranched alkanes of at least 4 members (excludes halogenated alkanes) is 12. The molecule has 68 heavy (non-hydrogen) atoms. The molecule has 0 bridgehead atoms. The number of aliphatic hydroxyl groups excluding tert-OH is 11. The molecule has 6 unspecified atom stereocenters. The monoisotopic (exact) mass is 985 g/mol. The Morgan fingerprint density at radius 3 is 1.60 bits per heavy atom. The molecule has 0 aromatic heterocycles. The quantitative estimate of drug-likeness (QED) is 0.0246. The molecule has 400 valence electrons. The minimum atomic E-state index is -1.88. The van der Waals surface area contributed by atoms with E-state index < -0.39 is 136 Å². The first-order chi connectivity index (χ1) is 32.5. The molecule has 0 aromatic carbocycles. The summed E-state index contributed by atoms with van der Waals surface area (Å²) in [7, 11) is 0. The Bertz CT molecular complexity index is 1350. The third-order valence-electron chi connectivity index (χ3n) is 13.4. The van der Waals surface area contributed by atoms with Crippen LogP contribution in [-0.4, -0.2) is 199 Å². The van der Waals surface area contributed by atoms with Gasteiger partial charge in [-0.3, -0.25) is 4.79 Å². The van der Waals surface area contributed by atoms with Gasteiger partial charge in [0.25, 0.3) is 0 Å². The van der Waals surface area contributed by atoms with Crippen LogP contribution in [-0.2, 0) is 42.7 Å². The van der Waals surface area contributed by atoms with E-state index in [1.54, 1.807) is 0 Å². The number of carbonyl (C=O) groups is 1. The van der Waals surface area contributed by atoms with E-state index in [9.17, 15) is 61.0 Å². The molecular formula is C48H88O20. The van der Waals surface area contributed by atoms with E-state index >= 15 is 0 Å². The molecule has 0 saturated carbocycles. The number of aliphatic hydroxyl groups is 11. The van der Waals surface area contributed by atoms with Crippen molar-refractivity contribution in [3.05, 3.63) is 0 Å². The summed E-state index contributed by atoms with van der Waals surface area (Å²) in [6.07, 6.45) is -7.01. The third kappa shape index (κ3) is 20.0. The van der Waals surface area contributed by atoms with Crippen LogP contribution >= 0.6 is 0 Å². The molecule has 0 aromatic rings. The van der Waals surface area contributed by atoms with Gasteiger partial charge in [0.05, 0.1) is 37.6 Å². The predicted molar refractivity (Wildman–Crippen MR) is 242 cm³/mol. The fraction of sp³-hybridized carbons (Fsp3) is 0.979. The van der Waals surface area contributed by atoms with Crippen molar-refractivity contribution in [3.63, 3.8) is 0 Å². The highest BCUT2D eigenvalue weighted by Gasteiger charge is 2.52. The van der Waals surface area contributed by atoms with Gasteiger partial charge in [-0.15, -0.1) is 0 Å². The average molecular weight is 985 g/mol. The molecule has 20 heteroatoms. The van der Waals surface area contributed by atoms with E-state index in [0.29, 0.717) is 38.5 Å². The van der Waals surface area contributed by atoms with Crippen molar-refractivity contribution in [2.45, 2.75) is 272 Å². The van der Waals surface area contributed by atoms with Crippen molar-refractivity contribution < 1.29 is 98.9 Å². The van der Waals surface area contributed by atoms with Crippen LogP contribution in [0.15, 0.2) is 0 Å². The van der Waals surface area contributed by atoms with Gasteiger partial charge in [0.15, 0.2) is 25.2 Å². The van der Waals surface area contributed by atoms with Crippen molar-refractivity contribution in [2.75, 3.05) is 19.8 Å². The number of epoxide rings is 1. The summed E-state index contributed by atoms with van der Waals surface area (Å²) in [5, 5.41) is 116. The molecule has 4 fully saturated rings. The van der Waals surface area contributed by atoms with Crippen LogP contribution in [0.3, 0.4) is 0 Å². The summed E-state index contributed by atoms with van der Waals surface area (Å²) in [6.45, 7) is 4.47. The van der Waals surface area contributed by atoms with E-state index in [1.807, 2.05) is 13.8 Å². The van der Waals surface area contributed by atoms with Gasteiger partial charge in [0.1, 0.15) is 73.8 Å². The zero-order chi connectivity index (χ0) is 49.8. The number of hydrogen-bond acceptors (Lipinski definition) is 20. The largest absolute Gasteiger partial charge is 0.463 e. The number of hydrogen-bond donors (Lipinski definition) is 11. The summed E-state index contributed by atoms with van der Waals surface area (Å²) in [4.78, 5) is 12.2. The van der Waals surface area contributed by atoms with Crippen molar-refractivity contribution in [2.24, 2.45) is 5.92 Å². The molecule has 19 atom stereocenters. The highest BCUT2D eigenvalue weighted by Crippen LogP contribution is 2.32. The van der Waals surface area contributed by atoms with Crippen LogP contribution in [0.5, 0.6) is 0 Å². The number of ether oxygens (including phenoxy) is 8. The van der Waals surface area contributed by atoms with Crippen LogP contribution in [0.2, 0.25) is 0 Å². The fourth-order valence-electron chi connectivity index (χ4n) is 8.99. The molecule has 4 aliphatic heterocycles. The number of rotatable bonds is 34. The van der Waals surface area contributed by atoms with Crippen LogP contribution < -0.4 is 0 Å². The van der Waals surface area contributed by atoms with Gasteiger partial charge in [-0.1, -0.05) is 111 Å². The first-order valence-corrected chi connectivity index (χ1v) is 25.7. The van der Waals surface area contributed by atoms with E-state index in [4.69, 9.17) is 37.9 Å². The molecule has 0 aliphatic carbocycles. The summed E-state index contributed by atoms with van der Waals surface area (Å²) in [5.74, 6) is -0.584. The average Bonchev–Trinajstić information content (AvgIpc) is 4.05. The molecule has 0 radical (unpaired) electrons. The van der Waals surface area contributed by atoms with Gasteiger partial charge in [-0.2, -0.15) is 0 Å². The first kappa shape index (κ1) is 59.3. The molecule has 11 N–H and O–H groups in total. The van der Waals surface area contributed by atoms with E-state index in [1.165, 1.54) is 19.3 Å². The standard InChI is InChI=1S/C48H88O20/c1-4-5-15-19-29(20-18-23-31(50)30(49)21-16-13-11-9-7-6-8-10-12-14-17-22-32(51)42-45(60)66-42)64-47-43(37(55)33(52)25-62-47)68-48-44(38(56)34(53)26-63-48)67-46-41(59)40(58)39(57)35(65-46)27-61-36(54)24-28(2)3/h28-35,37-53,55-60H,4-27H2,1-3H3/t29?,30?,31?,32?,33-,34-,35-,37+,38+,39-,40+,41-,42?,43-,44-,45?,46+,47+,48+/m1/s1. The zero-order valence-electron chi connectivity index (χ0n) is 40.6. The lowest BCUT2D eigenvalue weighted by atomic mass is 9.98. The molecule has 0 spiro atoms. The first-order valence-electron chi connectivity index (χ1n) is 25.7. The smallest absolute Gasteiger partial charge is 0.306 e. The molecule has 4 aliphatic rings. The maximum atomic E-state index is 12.2. The van der Waals surface area contributed by atoms with Gasteiger partial charge in [0.2, 0.25) is 0 Å². The lowest BCUT2D eigenvalue weighted by molar-refractivity contribution is -0.380. The normalized spacial score (nSPS) is 35.0. The second-order valence-corrected chi connectivity index (χ2v) is 19.9. The van der Waals surface area contributed by atoms with Crippen LogP contribution in [0.25, 0.3) is 0 Å². The van der Waals surface area contributed by atoms with Gasteiger partial charge < -0.3 is 94.1 Å². The Morgan fingerprint density at radius 2 is 1.04 bits per heavy atom. The van der Waals surface area contributed by atoms with E-state index in [-0.39, 0.29) is 18.9 Å². The second kappa shape index (κ2) is 31.4. The Labute approximate surface area is 402 Å². The molecule has 4 rings (SSSR count). The number of carbonyl (C=O) groups excluding carboxylic acids is 1. The van der Waals surface area contributed by atoms with Crippen molar-refractivity contribution >= 4 is 5.97 Å². The van der Waals surface area contributed by atoms with Gasteiger partial charge in [-0.25, -0.2) is 0 Å². The topological polar surface area (TPSA) is 317 Å². The van der Waals surface area contributed by atoms with Gasteiger partial charge in [-0.05, 0) is 44.4 Å². The molecular weight excluding hydrogens is 897 g/mol. The number of esters is 1. The highest BCUT2D eigenvalue weighted by molar-refractivity contribution is 5.69. The molecule has 4 saturated heterocycles. The lowest BCUT2D eigenvalue weighted by Gasteiger charge is -2.46. The summed E-state index contributed by atoms with van der Waals surface area (Å²) in [5.41, 5.74) is 0. The predicted octanol–water partition coefficient (Wildman–Crippen LogP) is 1.32. The van der Waals surface area contributed by atoms with Crippen molar-refractivity contribution in [1.82, 2.24) is 0 Å². The van der Waals surface area contributed by atoms with Crippen molar-refractivity contribution in [1.29, 1.82) is 0 Å². The minimum Gasteiger partial charge on any atom is -0.463 e. The summed E-state index contributed by atoms with van der Waals surface area (Å²) >= 11 is 0. The molecule has 20 nitrogen and oxygen atoms in total. The third-order valence-corrected chi connectivity index (χ3v) is 13.4. The lowest BCUT2D eigenvalue weighted by Crippen LogP contribution is -2.64. The summed E-state index contributed by atoms with van der Waals surface area (Å²) < 4.78 is 45.9. The Hall–Kier alpha value is -1.25. The fourth-order valence-corrected chi connectivity index (χ4v) is 8.99. The van der Waals surface area contributed by atoms with Crippen molar-refractivity contribution in [3.8, 4) is 0 Å². The van der Waals surface area contributed by atoms with E-state index in [2.05, 4.69) is 6.92 Å². The maximum Gasteiger partial charge on any atom is 0.306 e. The molecule has 0 amide bonds. The van der Waals surface area contributed by atoms with Gasteiger partial charge >= 0.3 is 5.97 Å². The van der Waals surface area contributed by atoms with Gasteiger partial charge in [0, 0.05) is 6.42 Å². The van der Waals surface area contributed by atoms with Crippen LogP contribution in [0.1, 0.15) is 156 Å².